The SMILES string of the molecule is CC(C)(C)c1ccc2c(c1)c1c3c(oc4ccccc43)c(-c3cc4c(cc3Nc3cccc(-c5ccccc5)c3)oc3cc5c(cc34)C(C)(C)CCC5(C)C)c3c1n2-c1cc2sc4ccccc4c2cc1[B]3. The molecule has 0 saturated carbocycles. The zero-order chi connectivity index (χ0) is 48.6. The average Bonchev–Trinajstić information content (AvgIpc) is 4.13. The molecule has 1 aliphatic carbocycles. The molecular formula is C66H52BN2O2S. The highest BCUT2D eigenvalue weighted by Gasteiger charge is 2.38. The van der Waals surface area contributed by atoms with E-state index < -0.39 is 0 Å². The molecule has 347 valence electrons. The van der Waals surface area contributed by atoms with Crippen LogP contribution in [-0.2, 0) is 16.2 Å². The summed E-state index contributed by atoms with van der Waals surface area (Å²) in [4.78, 5) is 0. The molecule has 0 amide bonds. The molecule has 1 N–H and O–H groups in total. The largest absolute Gasteiger partial charge is 0.456 e. The Morgan fingerprint density at radius 1 is 0.569 bits per heavy atom. The van der Waals surface area contributed by atoms with Crippen molar-refractivity contribution >= 4 is 127 Å². The van der Waals surface area contributed by atoms with E-state index in [0.717, 1.165) is 90.2 Å². The number of hydrogen-bond donors (Lipinski definition) is 1. The molecule has 0 spiro atoms. The Bertz CT molecular complexity index is 4500. The average molecular weight is 948 g/mol. The molecule has 15 rings (SSSR count). The van der Waals surface area contributed by atoms with Gasteiger partial charge in [0.1, 0.15) is 22.3 Å². The highest BCUT2D eigenvalue weighted by Crippen LogP contribution is 2.52. The zero-order valence-electron chi connectivity index (χ0n) is 41.7. The molecule has 1 aliphatic heterocycles. The van der Waals surface area contributed by atoms with Gasteiger partial charge in [0.15, 0.2) is 7.28 Å². The van der Waals surface area contributed by atoms with Gasteiger partial charge in [-0.1, -0.05) is 145 Å². The van der Waals surface area contributed by atoms with Crippen LogP contribution in [0, 0.1) is 0 Å². The third-order valence-electron chi connectivity index (χ3n) is 16.6. The number of anilines is 2. The summed E-state index contributed by atoms with van der Waals surface area (Å²) in [6.45, 7) is 16.6. The van der Waals surface area contributed by atoms with Crippen LogP contribution in [0.5, 0.6) is 0 Å². The number of para-hydroxylation sites is 1. The lowest BCUT2D eigenvalue weighted by Gasteiger charge is -2.41. The maximum Gasteiger partial charge on any atom is 0.198 e. The van der Waals surface area contributed by atoms with Gasteiger partial charge >= 0.3 is 0 Å². The second-order valence-electron chi connectivity index (χ2n) is 23.0. The summed E-state index contributed by atoms with van der Waals surface area (Å²) < 4.78 is 19.6. The molecule has 0 saturated heterocycles. The van der Waals surface area contributed by atoms with Crippen LogP contribution in [-0.4, -0.2) is 11.8 Å². The highest BCUT2D eigenvalue weighted by molar-refractivity contribution is 7.25. The van der Waals surface area contributed by atoms with Gasteiger partial charge in [0.2, 0.25) is 0 Å². The van der Waals surface area contributed by atoms with Gasteiger partial charge in [-0.2, -0.15) is 0 Å². The van der Waals surface area contributed by atoms with E-state index in [2.05, 4.69) is 223 Å². The van der Waals surface area contributed by atoms with E-state index in [4.69, 9.17) is 8.83 Å². The molecule has 72 heavy (non-hydrogen) atoms. The lowest BCUT2D eigenvalue weighted by atomic mass is 9.58. The van der Waals surface area contributed by atoms with Crippen molar-refractivity contribution in [1.82, 2.24) is 4.57 Å². The van der Waals surface area contributed by atoms with Gasteiger partial charge in [-0.05, 0) is 128 Å². The summed E-state index contributed by atoms with van der Waals surface area (Å²) in [7, 11) is 2.47. The molecule has 9 aromatic carbocycles. The normalized spacial score (nSPS) is 15.1. The summed E-state index contributed by atoms with van der Waals surface area (Å²) in [6.07, 6.45) is 2.28. The van der Waals surface area contributed by atoms with Crippen LogP contribution in [0.1, 0.15) is 78.0 Å². The van der Waals surface area contributed by atoms with E-state index in [1.54, 1.807) is 0 Å². The topological polar surface area (TPSA) is 43.2 Å². The summed E-state index contributed by atoms with van der Waals surface area (Å²) >= 11 is 1.88. The fraction of sp³-hybridized carbons (Fsp3) is 0.182. The standard InChI is InChI=1S/C66H52BN2O2S/c1-64(2,3)38-24-25-51-46(29-38)58-59-41-21-11-13-22-53(41)71-63(59)60(61-62(58)69(51)52-35-57-44(32-49(52)67-61)40-20-12-14-23-56(40)72-57)45-30-42-43-31-47-48(66(6,7)27-26-65(47,4)5)33-54(43)70-55(42)34-50(45)68-39-19-15-18-37(28-39)36-16-9-8-10-17-36/h8-25,28-35,68H,26-27H2,1-7H3. The van der Waals surface area contributed by atoms with Crippen molar-refractivity contribution in [2.45, 2.75) is 77.6 Å². The second-order valence-corrected chi connectivity index (χ2v) is 24.1. The molecule has 0 fully saturated rings. The summed E-state index contributed by atoms with van der Waals surface area (Å²) in [5.41, 5.74) is 20.0. The summed E-state index contributed by atoms with van der Waals surface area (Å²) in [5.74, 6) is 0. The Balaban J connectivity index is 1.10. The van der Waals surface area contributed by atoms with Crippen LogP contribution < -0.4 is 16.2 Å². The smallest absolute Gasteiger partial charge is 0.198 e. The highest BCUT2D eigenvalue weighted by atomic mass is 32.1. The molecular weight excluding hydrogens is 896 g/mol. The molecule has 0 atom stereocenters. The van der Waals surface area contributed by atoms with Gasteiger partial charge in [-0.15, -0.1) is 11.3 Å². The molecule has 13 aromatic rings. The number of aromatic nitrogens is 1. The number of thiophene rings is 1. The van der Waals surface area contributed by atoms with Crippen molar-refractivity contribution in [2.75, 3.05) is 5.32 Å². The van der Waals surface area contributed by atoms with E-state index in [1.807, 2.05) is 11.3 Å². The number of fused-ring (bicyclic) bond motifs is 16. The number of furan rings is 2. The first kappa shape index (κ1) is 42.2. The van der Waals surface area contributed by atoms with Crippen LogP contribution in [0.25, 0.3) is 114 Å². The number of hydrogen-bond acceptors (Lipinski definition) is 4. The molecule has 5 heterocycles. The lowest BCUT2D eigenvalue weighted by Crippen LogP contribution is -2.37. The van der Waals surface area contributed by atoms with Crippen LogP contribution in [0.15, 0.2) is 167 Å². The van der Waals surface area contributed by atoms with Gasteiger partial charge in [0.05, 0.1) is 11.2 Å². The van der Waals surface area contributed by atoms with Gasteiger partial charge in [0, 0.05) is 81.2 Å². The van der Waals surface area contributed by atoms with Gasteiger partial charge in [-0.25, -0.2) is 0 Å². The molecule has 4 nitrogen and oxygen atoms in total. The third-order valence-corrected chi connectivity index (χ3v) is 17.7. The summed E-state index contributed by atoms with van der Waals surface area (Å²) in [6, 6.07) is 58.4. The van der Waals surface area contributed by atoms with Crippen molar-refractivity contribution < 1.29 is 8.83 Å². The Morgan fingerprint density at radius 2 is 1.29 bits per heavy atom. The van der Waals surface area contributed by atoms with Crippen molar-refractivity contribution in [3.63, 3.8) is 0 Å². The minimum Gasteiger partial charge on any atom is -0.456 e. The molecule has 2 aliphatic rings. The Hall–Kier alpha value is -7.54. The first-order valence-corrected chi connectivity index (χ1v) is 26.3. The van der Waals surface area contributed by atoms with E-state index in [0.29, 0.717) is 0 Å². The number of nitrogens with zero attached hydrogens (tertiary/aromatic N) is 1. The molecule has 1 radical (unpaired) electrons. The number of rotatable bonds is 4. The van der Waals surface area contributed by atoms with Crippen molar-refractivity contribution in [3.8, 4) is 27.9 Å². The number of benzene rings is 9. The minimum absolute atomic E-state index is 0.0359. The second kappa shape index (κ2) is 14.5. The van der Waals surface area contributed by atoms with E-state index in [-0.39, 0.29) is 16.2 Å². The van der Waals surface area contributed by atoms with Gasteiger partial charge < -0.3 is 18.7 Å². The summed E-state index contributed by atoms with van der Waals surface area (Å²) in [5, 5.41) is 13.6. The van der Waals surface area contributed by atoms with Crippen LogP contribution in [0.2, 0.25) is 0 Å². The van der Waals surface area contributed by atoms with E-state index >= 15 is 0 Å². The predicted octanol–water partition coefficient (Wildman–Crippen LogP) is 17.6. The lowest BCUT2D eigenvalue weighted by molar-refractivity contribution is 0.332. The van der Waals surface area contributed by atoms with Gasteiger partial charge in [-0.3, -0.25) is 0 Å². The predicted molar refractivity (Wildman–Crippen MR) is 308 cm³/mol. The number of nitrogens with one attached hydrogen (secondary N) is 1. The fourth-order valence-corrected chi connectivity index (χ4v) is 13.8. The van der Waals surface area contributed by atoms with E-state index in [9.17, 15) is 0 Å². The maximum absolute atomic E-state index is 7.38. The first-order valence-electron chi connectivity index (χ1n) is 25.5. The quantitative estimate of drug-likeness (QED) is 0.179. The van der Waals surface area contributed by atoms with E-state index in [1.165, 1.54) is 75.4 Å². The van der Waals surface area contributed by atoms with Crippen LogP contribution in [0.3, 0.4) is 0 Å². The third kappa shape index (κ3) is 5.99. The first-order chi connectivity index (χ1) is 34.8. The van der Waals surface area contributed by atoms with Crippen LogP contribution >= 0.6 is 11.3 Å². The van der Waals surface area contributed by atoms with Crippen LogP contribution in [0.4, 0.5) is 11.4 Å². The monoisotopic (exact) mass is 947 g/mol. The molecule has 0 unspecified atom stereocenters. The Labute approximate surface area is 423 Å². The Morgan fingerprint density at radius 3 is 2.11 bits per heavy atom. The van der Waals surface area contributed by atoms with Gasteiger partial charge in [0.25, 0.3) is 0 Å². The van der Waals surface area contributed by atoms with Crippen molar-refractivity contribution in [1.29, 1.82) is 0 Å². The zero-order valence-corrected chi connectivity index (χ0v) is 42.5. The molecule has 0 bridgehead atoms. The molecule has 4 aromatic heterocycles. The van der Waals surface area contributed by atoms with Crippen molar-refractivity contribution in [2.24, 2.45) is 0 Å². The fourth-order valence-electron chi connectivity index (χ4n) is 12.6. The van der Waals surface area contributed by atoms with Crippen molar-refractivity contribution in [3.05, 3.63) is 174 Å². The molecule has 6 heteroatoms. The minimum atomic E-state index is -0.0538. The Kier molecular flexibility index (Phi) is 8.52. The maximum atomic E-state index is 7.38.